The van der Waals surface area contributed by atoms with Gasteiger partial charge in [0, 0.05) is 50.8 Å². The highest BCUT2D eigenvalue weighted by atomic mass is 32.2. The summed E-state index contributed by atoms with van der Waals surface area (Å²) in [6.45, 7) is -1.38. The van der Waals surface area contributed by atoms with Gasteiger partial charge in [-0.2, -0.15) is 23.0 Å². The van der Waals surface area contributed by atoms with Crippen LogP contribution in [0, 0.1) is 0 Å². The predicted molar refractivity (Wildman–Crippen MR) is 172 cm³/mol. The van der Waals surface area contributed by atoms with Crippen LogP contribution in [0.5, 0.6) is 5.75 Å². The van der Waals surface area contributed by atoms with Gasteiger partial charge in [-0.1, -0.05) is 0 Å². The standard InChI is InChI=1S/C31H35F3N6O12S/c1-49-21-3-5-22(6-4-21)53(47,48)36-23(17-25(41)38-13-11-37(12-14-38)20-7-9-35-10-8-20)28(44)39-15-16-40(29(45)24(39)18-26(42)50-2)52-27(43)19-51-30(46)31(32,33)34/h3-10,23-24,36H,11-19H2,1-2H3/t23?,24-/m0/s1. The average Bonchev–Trinajstić information content (AvgIpc) is 3.14. The first-order valence-corrected chi connectivity index (χ1v) is 17.2. The van der Waals surface area contributed by atoms with Crippen molar-refractivity contribution >= 4 is 51.3 Å². The van der Waals surface area contributed by atoms with Crippen LogP contribution in [0.4, 0.5) is 18.9 Å². The van der Waals surface area contributed by atoms with E-state index in [-0.39, 0.29) is 18.0 Å². The number of halogens is 3. The van der Waals surface area contributed by atoms with Gasteiger partial charge < -0.3 is 33.7 Å². The lowest BCUT2D eigenvalue weighted by Gasteiger charge is -2.40. The molecule has 18 nitrogen and oxygen atoms in total. The lowest BCUT2D eigenvalue weighted by molar-refractivity contribution is -0.218. The minimum atomic E-state index is -5.41. The fourth-order valence-electron chi connectivity index (χ4n) is 5.38. The van der Waals surface area contributed by atoms with Crippen molar-refractivity contribution < 1.29 is 69.4 Å². The van der Waals surface area contributed by atoms with Crippen LogP contribution < -0.4 is 14.4 Å². The molecule has 53 heavy (non-hydrogen) atoms. The Morgan fingerprint density at radius 3 is 2.15 bits per heavy atom. The molecule has 1 aromatic carbocycles. The molecule has 22 heteroatoms. The molecule has 0 spiro atoms. The molecular formula is C31H35F3N6O12S. The number of anilines is 1. The highest BCUT2D eigenvalue weighted by Gasteiger charge is 2.45. The van der Waals surface area contributed by atoms with Gasteiger partial charge in [-0.05, 0) is 36.4 Å². The van der Waals surface area contributed by atoms with E-state index in [0.717, 1.165) is 17.7 Å². The number of amides is 3. The maximum Gasteiger partial charge on any atom is 0.490 e. The molecule has 4 rings (SSSR count). The SMILES string of the molecule is COC(=O)C[C@H]1C(=O)N(OC(=O)COC(=O)C(F)(F)F)CCN1C(=O)C(CC(=O)N1CCN(c2ccncc2)CC1)NS(=O)(=O)c1ccc(OC)cc1. The molecule has 2 aliphatic rings. The van der Waals surface area contributed by atoms with Crippen LogP contribution in [0.15, 0.2) is 53.7 Å². The summed E-state index contributed by atoms with van der Waals surface area (Å²) in [5, 5.41) is 0.352. The maximum absolute atomic E-state index is 14.2. The number of ether oxygens (including phenoxy) is 3. The number of benzene rings is 1. The van der Waals surface area contributed by atoms with Crippen LogP contribution in [0.3, 0.4) is 0 Å². The number of rotatable bonds is 13. The summed E-state index contributed by atoms with van der Waals surface area (Å²) in [6, 6.07) is 5.10. The number of esters is 2. The van der Waals surface area contributed by atoms with Crippen molar-refractivity contribution in [2.24, 2.45) is 0 Å². The molecule has 0 aliphatic carbocycles. The molecular weight excluding hydrogens is 737 g/mol. The number of hydrogen-bond acceptors (Lipinski definition) is 14. The third kappa shape index (κ3) is 10.5. The minimum absolute atomic E-state index is 0.221. The highest BCUT2D eigenvalue weighted by Crippen LogP contribution is 2.22. The van der Waals surface area contributed by atoms with Crippen LogP contribution in [0.25, 0.3) is 0 Å². The molecule has 2 aromatic rings. The van der Waals surface area contributed by atoms with Gasteiger partial charge in [-0.3, -0.25) is 24.2 Å². The first kappa shape index (κ1) is 40.3. The fraction of sp³-hybridized carbons (Fsp3) is 0.452. The topological polar surface area (TPSA) is 211 Å². The molecule has 3 amide bonds. The first-order valence-electron chi connectivity index (χ1n) is 15.8. The highest BCUT2D eigenvalue weighted by molar-refractivity contribution is 7.89. The van der Waals surface area contributed by atoms with Gasteiger partial charge in [-0.15, -0.1) is 0 Å². The van der Waals surface area contributed by atoms with E-state index < -0.39 is 96.5 Å². The number of sulfonamides is 1. The van der Waals surface area contributed by atoms with Gasteiger partial charge in [0.15, 0.2) is 6.61 Å². The summed E-state index contributed by atoms with van der Waals surface area (Å²) in [6.07, 6.45) is -3.71. The monoisotopic (exact) mass is 772 g/mol. The predicted octanol–water partition coefficient (Wildman–Crippen LogP) is -0.358. The Morgan fingerprint density at radius 2 is 1.57 bits per heavy atom. The van der Waals surface area contributed by atoms with E-state index in [1.54, 1.807) is 24.5 Å². The van der Waals surface area contributed by atoms with Crippen molar-refractivity contribution in [3.8, 4) is 5.75 Å². The van der Waals surface area contributed by atoms with Gasteiger partial charge in [0.25, 0.3) is 5.91 Å². The van der Waals surface area contributed by atoms with Gasteiger partial charge in [0.1, 0.15) is 17.8 Å². The van der Waals surface area contributed by atoms with Gasteiger partial charge in [-0.25, -0.2) is 18.0 Å². The lowest BCUT2D eigenvalue weighted by Crippen LogP contribution is -2.63. The van der Waals surface area contributed by atoms with Gasteiger partial charge in [0.05, 0.1) is 38.5 Å². The summed E-state index contributed by atoms with van der Waals surface area (Å²) in [7, 11) is -2.17. The normalized spacial score (nSPS) is 17.2. The first-order chi connectivity index (χ1) is 25.0. The number of alkyl halides is 3. The minimum Gasteiger partial charge on any atom is -0.497 e. The number of carbonyl (C=O) groups is 6. The maximum atomic E-state index is 14.2. The van der Waals surface area contributed by atoms with E-state index in [0.29, 0.717) is 23.9 Å². The number of pyridine rings is 1. The number of nitrogens with zero attached hydrogens (tertiary/aromatic N) is 5. The second-order valence-corrected chi connectivity index (χ2v) is 13.1. The molecule has 2 saturated heterocycles. The van der Waals surface area contributed by atoms with Crippen LogP contribution in [0.2, 0.25) is 0 Å². The zero-order valence-electron chi connectivity index (χ0n) is 28.3. The Hall–Kier alpha value is -5.51. The van der Waals surface area contributed by atoms with Crippen LogP contribution in [-0.2, 0) is 53.1 Å². The van der Waals surface area contributed by atoms with Gasteiger partial charge >= 0.3 is 24.1 Å². The Balaban J connectivity index is 1.55. The second kappa shape index (κ2) is 17.3. The van der Waals surface area contributed by atoms with Crippen molar-refractivity contribution in [3.05, 3.63) is 48.8 Å². The number of hydroxylamine groups is 2. The fourth-order valence-corrected chi connectivity index (χ4v) is 6.56. The Labute approximate surface area is 300 Å². The Bertz CT molecular complexity index is 1770. The average molecular weight is 773 g/mol. The third-order valence-corrected chi connectivity index (χ3v) is 9.58. The van der Waals surface area contributed by atoms with Crippen molar-refractivity contribution in [1.29, 1.82) is 0 Å². The van der Waals surface area contributed by atoms with E-state index in [4.69, 9.17) is 9.57 Å². The van der Waals surface area contributed by atoms with Crippen molar-refractivity contribution in [3.63, 3.8) is 0 Å². The van der Waals surface area contributed by atoms with Crippen LogP contribution >= 0.6 is 0 Å². The molecule has 2 aliphatic heterocycles. The van der Waals surface area contributed by atoms with Crippen molar-refractivity contribution in [1.82, 2.24) is 24.6 Å². The smallest absolute Gasteiger partial charge is 0.490 e. The number of carbonyl (C=O) groups excluding carboxylic acids is 6. The molecule has 3 heterocycles. The quantitative estimate of drug-likeness (QED) is 0.258. The second-order valence-electron chi connectivity index (χ2n) is 11.4. The molecule has 0 radical (unpaired) electrons. The van der Waals surface area contributed by atoms with E-state index in [9.17, 15) is 50.4 Å². The Morgan fingerprint density at radius 1 is 0.925 bits per heavy atom. The molecule has 2 fully saturated rings. The summed E-state index contributed by atoms with van der Waals surface area (Å²) in [4.78, 5) is 89.4. The number of aromatic nitrogens is 1. The summed E-state index contributed by atoms with van der Waals surface area (Å²) < 4.78 is 80.2. The third-order valence-electron chi connectivity index (χ3n) is 8.09. The van der Waals surface area contributed by atoms with E-state index in [1.165, 1.54) is 36.3 Å². The molecule has 1 unspecified atom stereocenters. The molecule has 1 N–H and O–H groups in total. The molecule has 1 aromatic heterocycles. The number of piperazine rings is 2. The van der Waals surface area contributed by atoms with Crippen molar-refractivity contribution in [2.75, 3.05) is 65.0 Å². The summed E-state index contributed by atoms with van der Waals surface area (Å²) in [5.41, 5.74) is 0.876. The van der Waals surface area contributed by atoms with Crippen LogP contribution in [-0.4, -0.2) is 142 Å². The summed E-state index contributed by atoms with van der Waals surface area (Å²) >= 11 is 0. The van der Waals surface area contributed by atoms with E-state index >= 15 is 0 Å². The molecule has 0 bridgehead atoms. The number of nitrogens with one attached hydrogen (secondary N) is 1. The Kier molecular flexibility index (Phi) is 13.2. The lowest BCUT2D eigenvalue weighted by atomic mass is 10.0. The summed E-state index contributed by atoms with van der Waals surface area (Å²) in [5.74, 6) is -7.89. The van der Waals surface area contributed by atoms with E-state index in [1.807, 2.05) is 4.90 Å². The van der Waals surface area contributed by atoms with Crippen molar-refractivity contribution in [2.45, 2.75) is 36.0 Å². The van der Waals surface area contributed by atoms with E-state index in [2.05, 4.69) is 19.2 Å². The van der Waals surface area contributed by atoms with Gasteiger partial charge in [0.2, 0.25) is 21.8 Å². The number of methoxy groups -OCH3 is 2. The zero-order chi connectivity index (χ0) is 38.9. The number of hydrogen-bond donors (Lipinski definition) is 1. The van der Waals surface area contributed by atoms with Crippen LogP contribution in [0.1, 0.15) is 12.8 Å². The molecule has 288 valence electrons. The molecule has 2 atom stereocenters. The zero-order valence-corrected chi connectivity index (χ0v) is 29.1. The molecule has 0 saturated carbocycles. The largest absolute Gasteiger partial charge is 0.497 e.